The predicted molar refractivity (Wildman–Crippen MR) is 110 cm³/mol. The molecule has 0 atom stereocenters. The van der Waals surface area contributed by atoms with Crippen LogP contribution in [0.4, 0.5) is 5.69 Å². The number of rotatable bonds is 7. The Morgan fingerprint density at radius 1 is 1.04 bits per heavy atom. The van der Waals surface area contributed by atoms with Gasteiger partial charge in [0, 0.05) is 37.1 Å². The Labute approximate surface area is 164 Å². The van der Waals surface area contributed by atoms with Crippen LogP contribution in [0.3, 0.4) is 0 Å². The molecule has 0 aliphatic rings. The van der Waals surface area contributed by atoms with E-state index in [0.29, 0.717) is 30.0 Å². The summed E-state index contributed by atoms with van der Waals surface area (Å²) >= 11 is 5.19. The molecule has 0 fully saturated rings. The Bertz CT molecular complexity index is 806. The molecule has 2 aromatic rings. The van der Waals surface area contributed by atoms with Crippen molar-refractivity contribution in [1.29, 1.82) is 0 Å². The molecule has 0 aliphatic carbocycles. The van der Waals surface area contributed by atoms with E-state index in [4.69, 9.17) is 17.0 Å². The van der Waals surface area contributed by atoms with Crippen molar-refractivity contribution in [2.45, 2.75) is 13.3 Å². The summed E-state index contributed by atoms with van der Waals surface area (Å²) in [6, 6.07) is 14.1. The van der Waals surface area contributed by atoms with Gasteiger partial charge in [0.05, 0.1) is 0 Å². The lowest BCUT2D eigenvalue weighted by atomic mass is 10.1. The minimum atomic E-state index is -0.292. The van der Waals surface area contributed by atoms with E-state index in [1.54, 1.807) is 43.5 Å². The minimum absolute atomic E-state index is 0.165. The molecular formula is C20H23N3O3S. The third-order valence-electron chi connectivity index (χ3n) is 3.73. The number of thiocarbonyl (C=S) groups is 1. The van der Waals surface area contributed by atoms with Crippen molar-refractivity contribution in [3.8, 4) is 0 Å². The number of carbonyl (C=O) groups excluding carboxylic acids is 2. The molecule has 0 spiro atoms. The Morgan fingerprint density at radius 2 is 1.78 bits per heavy atom. The molecule has 0 aliphatic heterocycles. The van der Waals surface area contributed by atoms with E-state index in [9.17, 15) is 9.59 Å². The number of nitrogens with one attached hydrogen (secondary N) is 3. The Balaban J connectivity index is 1.90. The molecule has 7 heteroatoms. The van der Waals surface area contributed by atoms with Crippen LogP contribution in [0.25, 0.3) is 0 Å². The summed E-state index contributed by atoms with van der Waals surface area (Å²) in [6.45, 7) is 3.08. The van der Waals surface area contributed by atoms with E-state index < -0.39 is 0 Å². The lowest BCUT2D eigenvalue weighted by Crippen LogP contribution is -2.34. The average molecular weight is 385 g/mol. The van der Waals surface area contributed by atoms with Crippen molar-refractivity contribution in [3.05, 3.63) is 65.2 Å². The van der Waals surface area contributed by atoms with Crippen LogP contribution >= 0.6 is 12.2 Å². The van der Waals surface area contributed by atoms with E-state index in [-0.39, 0.29) is 16.9 Å². The third kappa shape index (κ3) is 6.80. The van der Waals surface area contributed by atoms with Crippen molar-refractivity contribution in [3.63, 3.8) is 0 Å². The van der Waals surface area contributed by atoms with Crippen LogP contribution in [-0.4, -0.2) is 37.2 Å². The molecule has 3 N–H and O–H groups in total. The fourth-order valence-corrected chi connectivity index (χ4v) is 2.51. The highest BCUT2D eigenvalue weighted by atomic mass is 32.1. The number of amides is 2. The molecule has 2 amide bonds. The summed E-state index contributed by atoms with van der Waals surface area (Å²) in [5, 5.41) is 8.54. The van der Waals surface area contributed by atoms with Crippen LogP contribution in [-0.2, 0) is 4.74 Å². The van der Waals surface area contributed by atoms with Gasteiger partial charge >= 0.3 is 0 Å². The maximum Gasteiger partial charge on any atom is 0.257 e. The number of anilines is 1. The van der Waals surface area contributed by atoms with Gasteiger partial charge in [-0.2, -0.15) is 0 Å². The van der Waals surface area contributed by atoms with Gasteiger partial charge in [0.25, 0.3) is 11.8 Å². The van der Waals surface area contributed by atoms with E-state index in [1.807, 2.05) is 19.1 Å². The maximum atomic E-state index is 12.2. The summed E-state index contributed by atoms with van der Waals surface area (Å²) in [4.78, 5) is 24.3. The van der Waals surface area contributed by atoms with Gasteiger partial charge in [0.15, 0.2) is 5.11 Å². The van der Waals surface area contributed by atoms with Crippen LogP contribution < -0.4 is 16.0 Å². The first-order valence-corrected chi connectivity index (χ1v) is 8.96. The minimum Gasteiger partial charge on any atom is -0.385 e. The number of benzene rings is 2. The van der Waals surface area contributed by atoms with Gasteiger partial charge in [0.1, 0.15) is 0 Å². The van der Waals surface area contributed by atoms with Crippen molar-refractivity contribution in [1.82, 2.24) is 10.6 Å². The number of hydrogen-bond donors (Lipinski definition) is 3. The first kappa shape index (κ1) is 20.5. The molecule has 0 heterocycles. The zero-order valence-electron chi connectivity index (χ0n) is 15.4. The number of ether oxygens (including phenoxy) is 1. The second kappa shape index (κ2) is 10.4. The molecule has 6 nitrogen and oxygen atoms in total. The van der Waals surface area contributed by atoms with Crippen LogP contribution in [0.2, 0.25) is 0 Å². The molecule has 2 rings (SSSR count). The first-order valence-electron chi connectivity index (χ1n) is 8.56. The molecule has 0 aromatic heterocycles. The quantitative estimate of drug-likeness (QED) is 0.505. The summed E-state index contributed by atoms with van der Waals surface area (Å²) in [7, 11) is 1.62. The zero-order valence-corrected chi connectivity index (χ0v) is 16.2. The second-order valence-electron chi connectivity index (χ2n) is 5.96. The summed E-state index contributed by atoms with van der Waals surface area (Å²) in [5.41, 5.74) is 2.72. The lowest BCUT2D eigenvalue weighted by Gasteiger charge is -2.11. The molecule has 0 unspecified atom stereocenters. The highest BCUT2D eigenvalue weighted by Gasteiger charge is 2.09. The number of methoxy groups -OCH3 is 1. The fourth-order valence-electron chi connectivity index (χ4n) is 2.30. The maximum absolute atomic E-state index is 12.2. The van der Waals surface area contributed by atoms with Gasteiger partial charge in [-0.15, -0.1) is 0 Å². The van der Waals surface area contributed by atoms with Gasteiger partial charge in [-0.1, -0.05) is 23.8 Å². The standard InChI is InChI=1S/C20H23N3O3S/c1-14-7-9-15(10-8-14)19(25)23-20(27)22-17-6-3-5-16(13-17)18(24)21-11-4-12-26-2/h3,5-10,13H,4,11-12H2,1-2H3,(H,21,24)(H2,22,23,25,27). The van der Waals surface area contributed by atoms with Gasteiger partial charge in [-0.25, -0.2) is 0 Å². The van der Waals surface area contributed by atoms with Gasteiger partial charge in [-0.05, 0) is 55.9 Å². The highest BCUT2D eigenvalue weighted by molar-refractivity contribution is 7.80. The van der Waals surface area contributed by atoms with E-state index in [1.165, 1.54) is 0 Å². The van der Waals surface area contributed by atoms with E-state index in [0.717, 1.165) is 12.0 Å². The van der Waals surface area contributed by atoms with Gasteiger partial charge < -0.3 is 15.4 Å². The second-order valence-corrected chi connectivity index (χ2v) is 6.37. The van der Waals surface area contributed by atoms with E-state index in [2.05, 4.69) is 16.0 Å². The zero-order chi connectivity index (χ0) is 19.6. The number of hydrogen-bond acceptors (Lipinski definition) is 4. The molecular weight excluding hydrogens is 362 g/mol. The average Bonchev–Trinajstić information content (AvgIpc) is 2.65. The predicted octanol–water partition coefficient (Wildman–Crippen LogP) is 2.89. The Morgan fingerprint density at radius 3 is 2.48 bits per heavy atom. The van der Waals surface area contributed by atoms with Crippen molar-refractivity contribution < 1.29 is 14.3 Å². The van der Waals surface area contributed by atoms with Crippen LogP contribution in [0.15, 0.2) is 48.5 Å². The van der Waals surface area contributed by atoms with E-state index >= 15 is 0 Å². The fraction of sp³-hybridized carbons (Fsp3) is 0.250. The molecule has 0 saturated carbocycles. The summed E-state index contributed by atoms with van der Waals surface area (Å²) < 4.78 is 4.95. The van der Waals surface area contributed by atoms with Crippen LogP contribution in [0.5, 0.6) is 0 Å². The Hall–Kier alpha value is -2.77. The molecule has 0 radical (unpaired) electrons. The molecule has 0 saturated heterocycles. The van der Waals surface area contributed by atoms with Crippen LogP contribution in [0.1, 0.15) is 32.7 Å². The van der Waals surface area contributed by atoms with Gasteiger partial charge in [-0.3, -0.25) is 14.9 Å². The SMILES string of the molecule is COCCCNC(=O)c1cccc(NC(=S)NC(=O)c2ccc(C)cc2)c1. The van der Waals surface area contributed by atoms with Crippen molar-refractivity contribution in [2.24, 2.45) is 0 Å². The molecule has 27 heavy (non-hydrogen) atoms. The third-order valence-corrected chi connectivity index (χ3v) is 3.94. The number of carbonyl (C=O) groups is 2. The lowest BCUT2D eigenvalue weighted by molar-refractivity contribution is 0.0946. The summed E-state index contributed by atoms with van der Waals surface area (Å²) in [6.07, 6.45) is 0.745. The molecule has 142 valence electrons. The smallest absolute Gasteiger partial charge is 0.257 e. The number of aryl methyl sites for hydroxylation is 1. The topological polar surface area (TPSA) is 79.5 Å². The van der Waals surface area contributed by atoms with Crippen molar-refractivity contribution in [2.75, 3.05) is 25.6 Å². The monoisotopic (exact) mass is 385 g/mol. The first-order chi connectivity index (χ1) is 13.0. The highest BCUT2D eigenvalue weighted by Crippen LogP contribution is 2.11. The van der Waals surface area contributed by atoms with Crippen LogP contribution in [0, 0.1) is 6.92 Å². The normalized spacial score (nSPS) is 10.1. The molecule has 0 bridgehead atoms. The summed E-state index contributed by atoms with van der Waals surface area (Å²) in [5.74, 6) is -0.469. The Kier molecular flexibility index (Phi) is 7.91. The molecule has 2 aromatic carbocycles. The largest absolute Gasteiger partial charge is 0.385 e. The van der Waals surface area contributed by atoms with Gasteiger partial charge in [0.2, 0.25) is 0 Å². The van der Waals surface area contributed by atoms with Crippen molar-refractivity contribution >= 4 is 34.8 Å².